The second-order valence-electron chi connectivity index (χ2n) is 9.92. The number of imidazole rings is 1. The topological polar surface area (TPSA) is 95.7 Å². The summed E-state index contributed by atoms with van der Waals surface area (Å²) in [5, 5.41) is 9.47. The molecular formula is C32H28FN3O5. The van der Waals surface area contributed by atoms with Gasteiger partial charge in [-0.2, -0.15) is 0 Å². The molecule has 0 amide bonds. The van der Waals surface area contributed by atoms with Crippen LogP contribution in [0.4, 0.5) is 4.39 Å². The standard InChI is InChI=1S/C32H28FN3O5/c1-39-23-9-5-20(6-10-23)19-41-31-4-2-3-27(35-31)25-11-7-21(15-26(25)33)16-30-34-28-12-8-22(32(37)38)17-29(28)36(30)18-24-13-14-40-24/h2-12,15,17,24H,13-14,16,18-19H2,1H3,(H,37,38). The van der Waals surface area contributed by atoms with Crippen molar-refractivity contribution in [3.8, 4) is 22.9 Å². The molecule has 0 radical (unpaired) electrons. The van der Waals surface area contributed by atoms with Gasteiger partial charge in [-0.1, -0.05) is 24.3 Å². The van der Waals surface area contributed by atoms with Gasteiger partial charge in [-0.05, 0) is 66.1 Å². The molecule has 0 aliphatic carbocycles. The number of aromatic carboxylic acids is 1. The van der Waals surface area contributed by atoms with Crippen molar-refractivity contribution in [1.82, 2.24) is 14.5 Å². The summed E-state index contributed by atoms with van der Waals surface area (Å²) in [5.41, 5.74) is 4.14. The summed E-state index contributed by atoms with van der Waals surface area (Å²) < 4.78 is 34.1. The molecule has 1 unspecified atom stereocenters. The van der Waals surface area contributed by atoms with Crippen molar-refractivity contribution >= 4 is 17.0 Å². The van der Waals surface area contributed by atoms with E-state index in [1.54, 1.807) is 49.6 Å². The van der Waals surface area contributed by atoms with Crippen LogP contribution in [-0.2, 0) is 24.3 Å². The zero-order valence-electron chi connectivity index (χ0n) is 22.4. The van der Waals surface area contributed by atoms with Crippen LogP contribution in [0.1, 0.15) is 33.7 Å². The van der Waals surface area contributed by atoms with E-state index in [9.17, 15) is 9.90 Å². The number of fused-ring (bicyclic) bond motifs is 1. The fourth-order valence-electron chi connectivity index (χ4n) is 4.86. The number of methoxy groups -OCH3 is 1. The number of benzene rings is 3. The Hall–Kier alpha value is -4.76. The van der Waals surface area contributed by atoms with E-state index >= 15 is 4.39 Å². The van der Waals surface area contributed by atoms with Gasteiger partial charge in [-0.25, -0.2) is 19.2 Å². The lowest BCUT2D eigenvalue weighted by Gasteiger charge is -2.27. The van der Waals surface area contributed by atoms with E-state index in [-0.39, 0.29) is 11.7 Å². The number of carboxylic acid groups (broad SMARTS) is 1. The largest absolute Gasteiger partial charge is 0.497 e. The van der Waals surface area contributed by atoms with Crippen molar-refractivity contribution in [3.63, 3.8) is 0 Å². The molecule has 2 aromatic heterocycles. The molecule has 0 spiro atoms. The summed E-state index contributed by atoms with van der Waals surface area (Å²) in [4.78, 5) is 20.8. The number of halogens is 1. The molecule has 3 heterocycles. The van der Waals surface area contributed by atoms with Crippen molar-refractivity contribution in [2.45, 2.75) is 32.1 Å². The van der Waals surface area contributed by atoms with Crippen LogP contribution in [0.3, 0.4) is 0 Å². The minimum absolute atomic E-state index is 0.0454. The highest BCUT2D eigenvalue weighted by molar-refractivity contribution is 5.92. The smallest absolute Gasteiger partial charge is 0.335 e. The average Bonchev–Trinajstić information content (AvgIpc) is 3.30. The normalized spacial score (nSPS) is 14.5. The van der Waals surface area contributed by atoms with Gasteiger partial charge in [0.15, 0.2) is 0 Å². The molecule has 1 aliphatic heterocycles. The predicted molar refractivity (Wildman–Crippen MR) is 151 cm³/mol. The Morgan fingerprint density at radius 1 is 1.05 bits per heavy atom. The molecule has 208 valence electrons. The number of carboxylic acids is 1. The molecule has 8 nitrogen and oxygen atoms in total. The number of nitrogens with zero attached hydrogens (tertiary/aromatic N) is 3. The number of aromatic nitrogens is 3. The van der Waals surface area contributed by atoms with Gasteiger partial charge in [-0.15, -0.1) is 0 Å². The number of rotatable bonds is 10. The van der Waals surface area contributed by atoms with Gasteiger partial charge < -0.3 is 23.9 Å². The van der Waals surface area contributed by atoms with Gasteiger partial charge in [0.05, 0.1) is 42.0 Å². The highest BCUT2D eigenvalue weighted by atomic mass is 19.1. The minimum Gasteiger partial charge on any atom is -0.497 e. The first-order chi connectivity index (χ1) is 20.0. The maximum absolute atomic E-state index is 15.4. The molecular weight excluding hydrogens is 525 g/mol. The van der Waals surface area contributed by atoms with Crippen LogP contribution < -0.4 is 9.47 Å². The van der Waals surface area contributed by atoms with E-state index in [2.05, 4.69) is 4.98 Å². The first-order valence-corrected chi connectivity index (χ1v) is 13.3. The summed E-state index contributed by atoms with van der Waals surface area (Å²) in [5.74, 6) is 0.486. The molecule has 1 atom stereocenters. The van der Waals surface area contributed by atoms with E-state index in [1.165, 1.54) is 6.07 Å². The lowest BCUT2D eigenvalue weighted by Crippen LogP contribution is -2.31. The van der Waals surface area contributed by atoms with Gasteiger partial charge in [0, 0.05) is 24.7 Å². The van der Waals surface area contributed by atoms with Gasteiger partial charge in [0.2, 0.25) is 5.88 Å². The fourth-order valence-corrected chi connectivity index (χ4v) is 4.86. The van der Waals surface area contributed by atoms with Crippen molar-refractivity contribution in [2.24, 2.45) is 0 Å². The maximum Gasteiger partial charge on any atom is 0.335 e. The van der Waals surface area contributed by atoms with E-state index in [4.69, 9.17) is 19.2 Å². The lowest BCUT2D eigenvalue weighted by molar-refractivity contribution is -0.0589. The molecule has 3 aromatic carbocycles. The molecule has 6 rings (SSSR count). The van der Waals surface area contributed by atoms with Crippen molar-refractivity contribution < 1.29 is 28.5 Å². The van der Waals surface area contributed by atoms with Crippen molar-refractivity contribution in [3.05, 3.63) is 107 Å². The second kappa shape index (κ2) is 11.4. The number of carbonyl (C=O) groups is 1. The fraction of sp³-hybridized carbons (Fsp3) is 0.219. The third-order valence-corrected chi connectivity index (χ3v) is 7.19. The molecule has 5 aromatic rings. The molecule has 1 aliphatic rings. The molecule has 0 saturated carbocycles. The molecule has 1 saturated heterocycles. The number of hydrogen-bond donors (Lipinski definition) is 1. The quantitative estimate of drug-likeness (QED) is 0.230. The highest BCUT2D eigenvalue weighted by Crippen LogP contribution is 2.27. The number of ether oxygens (including phenoxy) is 3. The Bertz CT molecular complexity index is 1710. The summed E-state index contributed by atoms with van der Waals surface area (Å²) >= 11 is 0. The van der Waals surface area contributed by atoms with Crippen LogP contribution >= 0.6 is 0 Å². The summed E-state index contributed by atoms with van der Waals surface area (Å²) in [7, 11) is 1.62. The molecule has 9 heteroatoms. The van der Waals surface area contributed by atoms with Gasteiger partial charge >= 0.3 is 5.97 Å². The Labute approximate surface area is 236 Å². The maximum atomic E-state index is 15.4. The van der Waals surface area contributed by atoms with E-state index < -0.39 is 11.8 Å². The Morgan fingerprint density at radius 3 is 2.56 bits per heavy atom. The summed E-state index contributed by atoms with van der Waals surface area (Å²) in [6, 6.07) is 22.8. The molecule has 41 heavy (non-hydrogen) atoms. The van der Waals surface area contributed by atoms with Crippen LogP contribution in [0.5, 0.6) is 11.6 Å². The van der Waals surface area contributed by atoms with Gasteiger partial charge in [-0.3, -0.25) is 0 Å². The lowest BCUT2D eigenvalue weighted by atomic mass is 10.1. The van der Waals surface area contributed by atoms with Crippen LogP contribution in [0.2, 0.25) is 0 Å². The average molecular weight is 554 g/mol. The molecule has 1 N–H and O–H groups in total. The van der Waals surface area contributed by atoms with Crippen molar-refractivity contribution in [2.75, 3.05) is 13.7 Å². The minimum atomic E-state index is -0.998. The monoisotopic (exact) mass is 553 g/mol. The number of pyridine rings is 1. The van der Waals surface area contributed by atoms with Crippen LogP contribution in [0, 0.1) is 5.82 Å². The van der Waals surface area contributed by atoms with Crippen LogP contribution in [-0.4, -0.2) is 45.4 Å². The van der Waals surface area contributed by atoms with Crippen LogP contribution in [0.25, 0.3) is 22.3 Å². The predicted octanol–water partition coefficient (Wildman–Crippen LogP) is 5.90. The Kier molecular flexibility index (Phi) is 7.35. The zero-order chi connectivity index (χ0) is 28.3. The Morgan fingerprint density at radius 2 is 1.85 bits per heavy atom. The Balaban J connectivity index is 1.22. The highest BCUT2D eigenvalue weighted by Gasteiger charge is 2.23. The number of hydrogen-bond acceptors (Lipinski definition) is 6. The summed E-state index contributed by atoms with van der Waals surface area (Å²) in [6.45, 7) is 1.59. The van der Waals surface area contributed by atoms with E-state index in [1.807, 2.05) is 34.9 Å². The third-order valence-electron chi connectivity index (χ3n) is 7.19. The van der Waals surface area contributed by atoms with Gasteiger partial charge in [0.25, 0.3) is 0 Å². The first-order valence-electron chi connectivity index (χ1n) is 13.3. The first kappa shape index (κ1) is 26.5. The summed E-state index contributed by atoms with van der Waals surface area (Å²) in [6.07, 6.45) is 1.35. The van der Waals surface area contributed by atoms with E-state index in [0.717, 1.165) is 34.6 Å². The van der Waals surface area contributed by atoms with E-state index in [0.29, 0.717) is 48.8 Å². The van der Waals surface area contributed by atoms with Gasteiger partial charge in [0.1, 0.15) is 24.0 Å². The second-order valence-corrected chi connectivity index (χ2v) is 9.92. The SMILES string of the molecule is COc1ccc(COc2cccc(-c3ccc(Cc4nc5ccc(C(=O)O)cc5n4CC4CCO4)cc3F)n2)cc1. The third kappa shape index (κ3) is 5.76. The zero-order valence-corrected chi connectivity index (χ0v) is 22.4. The molecule has 1 fully saturated rings. The van der Waals surface area contributed by atoms with Crippen molar-refractivity contribution in [1.29, 1.82) is 0 Å². The van der Waals surface area contributed by atoms with Crippen LogP contribution in [0.15, 0.2) is 78.9 Å². The molecule has 0 bridgehead atoms.